The van der Waals surface area contributed by atoms with Gasteiger partial charge in [0.25, 0.3) is 11.8 Å². The summed E-state index contributed by atoms with van der Waals surface area (Å²) in [7, 11) is 0. The Kier molecular flexibility index (Phi) is 9.11. The first-order valence-corrected chi connectivity index (χ1v) is 13.1. The van der Waals surface area contributed by atoms with E-state index in [4.69, 9.17) is 14.6 Å². The smallest absolute Gasteiger partial charge is 0.338 e. The minimum absolute atomic E-state index is 0.00937. The third kappa shape index (κ3) is 6.32. The highest BCUT2D eigenvalue weighted by Gasteiger charge is 2.23. The molecule has 0 spiro atoms. The van der Waals surface area contributed by atoms with Gasteiger partial charge in [0, 0.05) is 51.4 Å². The predicted molar refractivity (Wildman–Crippen MR) is 134 cm³/mol. The molecule has 1 saturated heterocycles. The molecule has 1 fully saturated rings. The Labute approximate surface area is 212 Å². The Hall–Kier alpha value is -3.20. The van der Waals surface area contributed by atoms with Crippen molar-refractivity contribution in [2.45, 2.75) is 58.4 Å². The molecule has 36 heavy (non-hydrogen) atoms. The number of aryl methyl sites for hydroxylation is 2. The maximum absolute atomic E-state index is 12.8. The lowest BCUT2D eigenvalue weighted by atomic mass is 10.1. The molecule has 2 aliphatic rings. The number of carbonyl (C=O) groups excluding carboxylic acids is 3. The second-order valence-electron chi connectivity index (χ2n) is 9.24. The summed E-state index contributed by atoms with van der Waals surface area (Å²) in [5.74, 6) is -0.482. The van der Waals surface area contributed by atoms with Crippen molar-refractivity contribution in [1.29, 1.82) is 0 Å². The lowest BCUT2D eigenvalue weighted by Crippen LogP contribution is -2.27. The number of likely N-dealkylation sites (tertiary alicyclic amines) is 1. The first kappa shape index (κ1) is 25.9. The summed E-state index contributed by atoms with van der Waals surface area (Å²) in [5.41, 5.74) is 3.40. The Balaban J connectivity index is 1.33. The van der Waals surface area contributed by atoms with Gasteiger partial charge in [0.15, 0.2) is 0 Å². The fraction of sp³-hybridized carbons (Fsp3) is 0.556. The highest BCUT2D eigenvalue weighted by Crippen LogP contribution is 2.19. The zero-order valence-corrected chi connectivity index (χ0v) is 21.1. The van der Waals surface area contributed by atoms with Crippen LogP contribution in [0, 0.1) is 0 Å². The van der Waals surface area contributed by atoms with E-state index in [0.29, 0.717) is 62.3 Å². The normalized spacial score (nSPS) is 16.7. The molecule has 9 heteroatoms. The molecule has 4 rings (SSSR count). The Morgan fingerprint density at radius 3 is 2.53 bits per heavy atom. The third-order valence-electron chi connectivity index (χ3n) is 6.65. The molecule has 0 aliphatic carbocycles. The van der Waals surface area contributed by atoms with Crippen LogP contribution in [0.1, 0.15) is 81.5 Å². The van der Waals surface area contributed by atoms with Crippen molar-refractivity contribution in [2.75, 3.05) is 39.5 Å². The topological polar surface area (TPSA) is 103 Å². The summed E-state index contributed by atoms with van der Waals surface area (Å²) in [6.45, 7) is 6.25. The van der Waals surface area contributed by atoms with E-state index in [1.807, 2.05) is 16.5 Å². The highest BCUT2D eigenvalue weighted by atomic mass is 16.5. The van der Waals surface area contributed by atoms with Gasteiger partial charge >= 0.3 is 5.97 Å². The fourth-order valence-electron chi connectivity index (χ4n) is 4.72. The number of benzene rings is 1. The van der Waals surface area contributed by atoms with Crippen molar-refractivity contribution in [3.8, 4) is 0 Å². The molecule has 9 nitrogen and oxygen atoms in total. The molecule has 1 aromatic heterocycles. The Bertz CT molecular complexity index is 1060. The number of ether oxygens (including phenoxy) is 2. The second kappa shape index (κ2) is 12.7. The van der Waals surface area contributed by atoms with Crippen LogP contribution < -0.4 is 5.32 Å². The van der Waals surface area contributed by atoms with E-state index < -0.39 is 5.97 Å². The minimum atomic E-state index is -0.416. The van der Waals surface area contributed by atoms with Crippen LogP contribution in [0.4, 0.5) is 0 Å². The number of amides is 2. The molecule has 194 valence electrons. The van der Waals surface area contributed by atoms with Gasteiger partial charge < -0.3 is 19.7 Å². The van der Waals surface area contributed by atoms with Gasteiger partial charge in [0.1, 0.15) is 0 Å². The van der Waals surface area contributed by atoms with Crippen LogP contribution in [-0.2, 0) is 28.9 Å². The van der Waals surface area contributed by atoms with Crippen LogP contribution in [0.2, 0.25) is 0 Å². The maximum atomic E-state index is 12.8. The van der Waals surface area contributed by atoms with E-state index in [9.17, 15) is 14.4 Å². The molecular weight excluding hydrogens is 460 g/mol. The monoisotopic (exact) mass is 496 g/mol. The zero-order valence-electron chi connectivity index (χ0n) is 21.1. The van der Waals surface area contributed by atoms with Crippen LogP contribution in [0.3, 0.4) is 0 Å². The lowest BCUT2D eigenvalue weighted by Gasteiger charge is -2.15. The largest absolute Gasteiger partial charge is 0.462 e. The number of esters is 1. The maximum Gasteiger partial charge on any atom is 0.338 e. The SMILES string of the molecule is CCc1nn(CCCOC(=O)c2ccc(C(=O)N3CCCC3)cc2)c2c1C(=O)NCCCOCCC2. The van der Waals surface area contributed by atoms with E-state index in [-0.39, 0.29) is 18.4 Å². The van der Waals surface area contributed by atoms with Crippen LogP contribution in [-0.4, -0.2) is 71.9 Å². The first-order chi connectivity index (χ1) is 17.6. The summed E-state index contributed by atoms with van der Waals surface area (Å²) in [4.78, 5) is 39.7. The lowest BCUT2D eigenvalue weighted by molar-refractivity contribution is 0.0494. The number of fused-ring (bicyclic) bond motifs is 1. The molecule has 2 aromatic rings. The van der Waals surface area contributed by atoms with Gasteiger partial charge in [-0.25, -0.2) is 4.79 Å². The standard InChI is InChI=1S/C27H36N4O5/c1-2-22-24-23(8-5-17-35-18-6-13-28-25(24)32)31(29-22)16-7-19-36-27(34)21-11-9-20(10-12-21)26(33)30-14-3-4-15-30/h9-12H,2-8,13-19H2,1H3,(H,28,32). The van der Waals surface area contributed by atoms with Gasteiger partial charge in [0.05, 0.1) is 29.1 Å². The average molecular weight is 497 g/mol. The van der Waals surface area contributed by atoms with Crippen LogP contribution in [0.25, 0.3) is 0 Å². The first-order valence-electron chi connectivity index (χ1n) is 13.1. The molecule has 0 atom stereocenters. The average Bonchev–Trinajstić information content (AvgIpc) is 3.55. The molecule has 2 amide bonds. The number of rotatable bonds is 7. The highest BCUT2D eigenvalue weighted by molar-refractivity contribution is 5.97. The molecule has 1 aromatic carbocycles. The van der Waals surface area contributed by atoms with Crippen LogP contribution >= 0.6 is 0 Å². The van der Waals surface area contributed by atoms with Crippen molar-refractivity contribution >= 4 is 17.8 Å². The van der Waals surface area contributed by atoms with E-state index >= 15 is 0 Å². The van der Waals surface area contributed by atoms with Gasteiger partial charge in [0.2, 0.25) is 0 Å². The molecule has 3 heterocycles. The van der Waals surface area contributed by atoms with Gasteiger partial charge in [-0.15, -0.1) is 0 Å². The minimum Gasteiger partial charge on any atom is -0.462 e. The Morgan fingerprint density at radius 1 is 1.06 bits per heavy atom. The van der Waals surface area contributed by atoms with Crippen molar-refractivity contribution in [2.24, 2.45) is 0 Å². The quantitative estimate of drug-likeness (QED) is 0.467. The summed E-state index contributed by atoms with van der Waals surface area (Å²) >= 11 is 0. The number of nitrogens with zero attached hydrogens (tertiary/aromatic N) is 3. The van der Waals surface area contributed by atoms with Gasteiger partial charge in [-0.2, -0.15) is 5.10 Å². The molecule has 0 saturated carbocycles. The summed E-state index contributed by atoms with van der Waals surface area (Å²) in [6, 6.07) is 6.66. The van der Waals surface area contributed by atoms with E-state index in [2.05, 4.69) is 5.32 Å². The summed E-state index contributed by atoms with van der Waals surface area (Å²) < 4.78 is 13.0. The van der Waals surface area contributed by atoms with Crippen molar-refractivity contribution < 1.29 is 23.9 Å². The van der Waals surface area contributed by atoms with E-state index in [1.165, 1.54) is 0 Å². The summed E-state index contributed by atoms with van der Waals surface area (Å²) in [6.07, 6.45) is 5.65. The zero-order chi connectivity index (χ0) is 25.3. The molecule has 0 bridgehead atoms. The molecule has 1 N–H and O–H groups in total. The molecular formula is C27H36N4O5. The van der Waals surface area contributed by atoms with Crippen molar-refractivity contribution in [3.05, 3.63) is 52.3 Å². The number of nitrogens with one attached hydrogen (secondary N) is 1. The van der Waals surface area contributed by atoms with Crippen LogP contribution in [0.15, 0.2) is 24.3 Å². The van der Waals surface area contributed by atoms with Crippen molar-refractivity contribution in [3.63, 3.8) is 0 Å². The fourth-order valence-corrected chi connectivity index (χ4v) is 4.72. The number of hydrogen-bond acceptors (Lipinski definition) is 6. The van der Waals surface area contributed by atoms with Gasteiger partial charge in [-0.1, -0.05) is 6.92 Å². The second-order valence-corrected chi connectivity index (χ2v) is 9.24. The number of aromatic nitrogens is 2. The molecule has 0 unspecified atom stereocenters. The van der Waals surface area contributed by atoms with Gasteiger partial charge in [-0.3, -0.25) is 14.3 Å². The number of hydrogen-bond donors (Lipinski definition) is 1. The molecule has 2 aliphatic heterocycles. The Morgan fingerprint density at radius 2 is 1.78 bits per heavy atom. The molecule has 0 radical (unpaired) electrons. The van der Waals surface area contributed by atoms with Crippen molar-refractivity contribution in [1.82, 2.24) is 20.0 Å². The summed E-state index contributed by atoms with van der Waals surface area (Å²) in [5, 5.41) is 7.69. The van der Waals surface area contributed by atoms with E-state index in [1.54, 1.807) is 24.3 Å². The predicted octanol–water partition coefficient (Wildman–Crippen LogP) is 3.01. The number of carbonyl (C=O) groups is 3. The van der Waals surface area contributed by atoms with Gasteiger partial charge in [-0.05, 0) is 62.8 Å². The third-order valence-corrected chi connectivity index (χ3v) is 6.65. The van der Waals surface area contributed by atoms with Crippen LogP contribution in [0.5, 0.6) is 0 Å². The van der Waals surface area contributed by atoms with E-state index in [0.717, 1.165) is 50.2 Å².